The maximum absolute atomic E-state index is 12.0. The van der Waals surface area contributed by atoms with Crippen molar-refractivity contribution in [2.24, 2.45) is 11.8 Å². The number of aliphatic hydroxyl groups excluding tert-OH is 4. The van der Waals surface area contributed by atoms with Gasteiger partial charge in [0.1, 0.15) is 6.61 Å². The Bertz CT molecular complexity index is 703. The Balaban J connectivity index is 2.12. The van der Waals surface area contributed by atoms with Gasteiger partial charge >= 0.3 is 6.09 Å². The molecule has 7 atom stereocenters. The van der Waals surface area contributed by atoms with Gasteiger partial charge in [0.05, 0.1) is 30.5 Å². The minimum absolute atomic E-state index is 0.124. The lowest BCUT2D eigenvalue weighted by Gasteiger charge is -2.26. The zero-order valence-corrected chi connectivity index (χ0v) is 23.5. The number of rotatable bonds is 20. The van der Waals surface area contributed by atoms with Gasteiger partial charge in [-0.2, -0.15) is 0 Å². The van der Waals surface area contributed by atoms with Crippen LogP contribution >= 0.6 is 0 Å². The second-order valence-corrected chi connectivity index (χ2v) is 11.0. The molecule has 0 saturated heterocycles. The third-order valence-electron chi connectivity index (χ3n) is 7.27. The van der Waals surface area contributed by atoms with Crippen molar-refractivity contribution in [3.8, 4) is 0 Å². The summed E-state index contributed by atoms with van der Waals surface area (Å²) in [4.78, 5) is 12.0. The number of hydrogen-bond acceptors (Lipinski definition) is 6. The summed E-state index contributed by atoms with van der Waals surface area (Å²) in [7, 11) is 0. The summed E-state index contributed by atoms with van der Waals surface area (Å²) >= 11 is 0. The second-order valence-electron chi connectivity index (χ2n) is 11.0. The fourth-order valence-corrected chi connectivity index (χ4v) is 4.62. The van der Waals surface area contributed by atoms with E-state index in [2.05, 4.69) is 19.2 Å². The number of benzene rings is 1. The van der Waals surface area contributed by atoms with Crippen LogP contribution in [0.15, 0.2) is 30.3 Å². The van der Waals surface area contributed by atoms with E-state index in [0.717, 1.165) is 56.9 Å². The molecule has 1 rings (SSSR count). The highest BCUT2D eigenvalue weighted by Gasteiger charge is 2.24. The Morgan fingerprint density at radius 1 is 0.838 bits per heavy atom. The molecule has 0 aliphatic carbocycles. The predicted molar refractivity (Wildman–Crippen MR) is 148 cm³/mol. The maximum atomic E-state index is 12.0. The summed E-state index contributed by atoms with van der Waals surface area (Å²) in [6.45, 7) is 8.14. The van der Waals surface area contributed by atoms with Crippen LogP contribution < -0.4 is 5.32 Å². The molecule has 1 aromatic carbocycles. The number of alkyl carbamates (subject to hydrolysis) is 1. The molecule has 37 heavy (non-hydrogen) atoms. The van der Waals surface area contributed by atoms with E-state index in [-0.39, 0.29) is 18.9 Å². The molecule has 0 bridgehead atoms. The summed E-state index contributed by atoms with van der Waals surface area (Å²) < 4.78 is 5.18. The first-order valence-electron chi connectivity index (χ1n) is 14.3. The quantitative estimate of drug-likeness (QED) is 0.147. The monoisotopic (exact) mass is 523 g/mol. The lowest BCUT2D eigenvalue weighted by atomic mass is 9.88. The van der Waals surface area contributed by atoms with Gasteiger partial charge in [-0.1, -0.05) is 96.0 Å². The largest absolute Gasteiger partial charge is 0.445 e. The van der Waals surface area contributed by atoms with Crippen molar-refractivity contribution < 1.29 is 30.0 Å². The maximum Gasteiger partial charge on any atom is 0.407 e. The first-order valence-corrected chi connectivity index (χ1v) is 14.3. The van der Waals surface area contributed by atoms with Crippen LogP contribution in [0.3, 0.4) is 0 Å². The Kier molecular flexibility index (Phi) is 17.5. The van der Waals surface area contributed by atoms with Crippen LogP contribution in [0.1, 0.15) is 104 Å². The Labute approximate surface area is 224 Å². The first-order chi connectivity index (χ1) is 17.6. The molecule has 0 aromatic heterocycles. The molecule has 5 N–H and O–H groups in total. The van der Waals surface area contributed by atoms with Gasteiger partial charge in [-0.25, -0.2) is 4.79 Å². The standard InChI is InChI=1S/C30H53NO6/c1-5-6-15-23(3)29(35)28(34)19-22(2)14-10-7-8-13-18-26(32)20-27(33)24(4)31-30(36)37-21-25-16-11-9-12-17-25/h9,11-12,16-17,22-24,26-29,32-35H,5-8,10,13-15,18-21H2,1-4H3,(H,31,36)/t22-,23+,24-,26+,27-,28-,29+/m0/s1. The number of amides is 1. The number of carbonyl (C=O) groups excluding carboxylic acids is 1. The van der Waals surface area contributed by atoms with Crippen LogP contribution in [0.5, 0.6) is 0 Å². The third-order valence-corrected chi connectivity index (χ3v) is 7.27. The normalized spacial score (nSPS) is 17.3. The van der Waals surface area contributed by atoms with Gasteiger partial charge in [-0.05, 0) is 43.6 Å². The summed E-state index contributed by atoms with van der Waals surface area (Å²) in [6, 6.07) is 8.86. The lowest BCUT2D eigenvalue weighted by Crippen LogP contribution is -2.42. The number of nitrogens with one attached hydrogen (secondary N) is 1. The molecule has 1 amide bonds. The zero-order valence-electron chi connectivity index (χ0n) is 23.5. The summed E-state index contributed by atoms with van der Waals surface area (Å²) in [5.74, 6) is 0.483. The van der Waals surface area contributed by atoms with Crippen LogP contribution in [0.2, 0.25) is 0 Å². The van der Waals surface area contributed by atoms with E-state index >= 15 is 0 Å². The van der Waals surface area contributed by atoms with Crippen molar-refractivity contribution in [2.45, 2.75) is 135 Å². The molecule has 1 aromatic rings. The SMILES string of the molecule is CCCC[C@@H](C)[C@@H](O)[C@@H](O)C[C@@H](C)CCCCCC[C@@H](O)C[C@H](O)[C@H](C)NC(=O)OCc1ccccc1. The van der Waals surface area contributed by atoms with E-state index in [1.165, 1.54) is 0 Å². The van der Waals surface area contributed by atoms with Crippen molar-refractivity contribution in [1.82, 2.24) is 5.32 Å². The predicted octanol–water partition coefficient (Wildman–Crippen LogP) is 5.33. The topological polar surface area (TPSA) is 119 Å². The summed E-state index contributed by atoms with van der Waals surface area (Å²) in [5.41, 5.74) is 0.888. The second kappa shape index (κ2) is 19.4. The fraction of sp³-hybridized carbons (Fsp3) is 0.767. The van der Waals surface area contributed by atoms with Gasteiger partial charge in [-0.3, -0.25) is 0 Å². The summed E-state index contributed by atoms with van der Waals surface area (Å²) in [6.07, 6.45) is 6.18. The number of aliphatic hydroxyl groups is 4. The van der Waals surface area contributed by atoms with Crippen LogP contribution in [0.25, 0.3) is 0 Å². The van der Waals surface area contributed by atoms with E-state index in [1.54, 1.807) is 6.92 Å². The van der Waals surface area contributed by atoms with E-state index in [1.807, 2.05) is 37.3 Å². The van der Waals surface area contributed by atoms with Crippen LogP contribution in [0.4, 0.5) is 4.79 Å². The highest BCUT2D eigenvalue weighted by molar-refractivity contribution is 5.67. The van der Waals surface area contributed by atoms with Crippen molar-refractivity contribution in [2.75, 3.05) is 0 Å². The van der Waals surface area contributed by atoms with E-state index in [9.17, 15) is 25.2 Å². The molecular formula is C30H53NO6. The van der Waals surface area contributed by atoms with E-state index in [4.69, 9.17) is 4.74 Å². The molecule has 0 unspecified atom stereocenters. The van der Waals surface area contributed by atoms with Gasteiger partial charge in [-0.15, -0.1) is 0 Å². The third kappa shape index (κ3) is 15.4. The molecule has 7 heteroatoms. The highest BCUT2D eigenvalue weighted by Crippen LogP contribution is 2.22. The van der Waals surface area contributed by atoms with Crippen LogP contribution in [0, 0.1) is 11.8 Å². The molecule has 7 nitrogen and oxygen atoms in total. The fourth-order valence-electron chi connectivity index (χ4n) is 4.62. The lowest BCUT2D eigenvalue weighted by molar-refractivity contribution is -0.0262. The van der Waals surface area contributed by atoms with Crippen molar-refractivity contribution in [1.29, 1.82) is 0 Å². The first kappa shape index (κ1) is 33.4. The molecule has 0 fully saturated rings. The molecule has 0 heterocycles. The molecule has 0 radical (unpaired) electrons. The van der Waals surface area contributed by atoms with Gasteiger partial charge in [0.15, 0.2) is 0 Å². The average Bonchev–Trinajstić information content (AvgIpc) is 2.87. The molecule has 0 aliphatic rings. The van der Waals surface area contributed by atoms with Gasteiger partial charge < -0.3 is 30.5 Å². The van der Waals surface area contributed by atoms with Gasteiger partial charge in [0.2, 0.25) is 0 Å². The van der Waals surface area contributed by atoms with Crippen LogP contribution in [-0.4, -0.2) is 57.0 Å². The molecule has 214 valence electrons. The minimum atomic E-state index is -0.855. The minimum Gasteiger partial charge on any atom is -0.445 e. The van der Waals surface area contributed by atoms with E-state index < -0.39 is 36.6 Å². The van der Waals surface area contributed by atoms with Crippen molar-refractivity contribution in [3.05, 3.63) is 35.9 Å². The number of ether oxygens (including phenoxy) is 1. The molecule has 0 saturated carbocycles. The van der Waals surface area contributed by atoms with Gasteiger partial charge in [0, 0.05) is 6.42 Å². The Morgan fingerprint density at radius 3 is 2.14 bits per heavy atom. The molecule has 0 aliphatic heterocycles. The van der Waals surface area contributed by atoms with Crippen molar-refractivity contribution >= 4 is 6.09 Å². The highest BCUT2D eigenvalue weighted by atomic mass is 16.5. The number of hydrogen-bond donors (Lipinski definition) is 5. The number of unbranched alkanes of at least 4 members (excludes halogenated alkanes) is 4. The Morgan fingerprint density at radius 2 is 1.49 bits per heavy atom. The van der Waals surface area contributed by atoms with E-state index in [0.29, 0.717) is 18.8 Å². The van der Waals surface area contributed by atoms with Crippen LogP contribution in [-0.2, 0) is 11.3 Å². The zero-order chi connectivity index (χ0) is 27.6. The summed E-state index contributed by atoms with van der Waals surface area (Å²) in [5, 5.41) is 44.0. The number of carbonyl (C=O) groups is 1. The molecular weight excluding hydrogens is 470 g/mol. The average molecular weight is 524 g/mol. The Hall–Kier alpha value is -1.67. The van der Waals surface area contributed by atoms with Crippen molar-refractivity contribution in [3.63, 3.8) is 0 Å². The smallest absolute Gasteiger partial charge is 0.407 e. The van der Waals surface area contributed by atoms with Gasteiger partial charge in [0.25, 0.3) is 0 Å². The molecule has 0 spiro atoms.